The third-order valence-electron chi connectivity index (χ3n) is 2.87. The SMILES string of the molecule is COC(C)(C)CC(=O)Cc1ccc(F)cc1C. The van der Waals surface area contributed by atoms with Gasteiger partial charge in [-0.15, -0.1) is 0 Å². The second-order valence-electron chi connectivity index (χ2n) is 4.93. The zero-order valence-corrected chi connectivity index (χ0v) is 10.8. The number of ketones is 1. The second kappa shape index (κ2) is 5.41. The van der Waals surface area contributed by atoms with Crippen molar-refractivity contribution in [1.82, 2.24) is 0 Å². The minimum Gasteiger partial charge on any atom is -0.378 e. The number of methoxy groups -OCH3 is 1. The van der Waals surface area contributed by atoms with Crippen LogP contribution in [0.2, 0.25) is 0 Å². The van der Waals surface area contributed by atoms with Crippen LogP contribution in [0.4, 0.5) is 4.39 Å². The molecule has 0 aliphatic heterocycles. The van der Waals surface area contributed by atoms with E-state index < -0.39 is 5.60 Å². The molecule has 2 nitrogen and oxygen atoms in total. The van der Waals surface area contributed by atoms with Crippen molar-refractivity contribution in [3.63, 3.8) is 0 Å². The van der Waals surface area contributed by atoms with Gasteiger partial charge in [0.05, 0.1) is 5.60 Å². The van der Waals surface area contributed by atoms with Crippen LogP contribution in [-0.4, -0.2) is 18.5 Å². The largest absolute Gasteiger partial charge is 0.378 e. The lowest BCUT2D eigenvalue weighted by atomic mass is 9.95. The van der Waals surface area contributed by atoms with Crippen molar-refractivity contribution in [3.05, 3.63) is 35.1 Å². The van der Waals surface area contributed by atoms with E-state index in [-0.39, 0.29) is 11.6 Å². The van der Waals surface area contributed by atoms with Crippen molar-refractivity contribution >= 4 is 5.78 Å². The standard InChI is InChI=1S/C14H19FO2/c1-10-7-12(15)6-5-11(10)8-13(16)9-14(2,3)17-4/h5-7H,8-9H2,1-4H3. The van der Waals surface area contributed by atoms with Crippen LogP contribution >= 0.6 is 0 Å². The molecule has 0 unspecified atom stereocenters. The molecule has 3 heteroatoms. The highest BCUT2D eigenvalue weighted by Gasteiger charge is 2.21. The highest BCUT2D eigenvalue weighted by molar-refractivity contribution is 5.82. The molecule has 0 spiro atoms. The van der Waals surface area contributed by atoms with E-state index in [1.165, 1.54) is 12.1 Å². The van der Waals surface area contributed by atoms with Crippen LogP contribution in [-0.2, 0) is 16.0 Å². The van der Waals surface area contributed by atoms with E-state index in [9.17, 15) is 9.18 Å². The number of rotatable bonds is 5. The fourth-order valence-corrected chi connectivity index (χ4v) is 1.68. The zero-order valence-electron chi connectivity index (χ0n) is 10.8. The number of hydrogen-bond acceptors (Lipinski definition) is 2. The Morgan fingerprint density at radius 3 is 2.59 bits per heavy atom. The average molecular weight is 238 g/mol. The van der Waals surface area contributed by atoms with E-state index in [0.717, 1.165) is 11.1 Å². The summed E-state index contributed by atoms with van der Waals surface area (Å²) in [6.45, 7) is 5.57. The van der Waals surface area contributed by atoms with Gasteiger partial charge in [-0.2, -0.15) is 0 Å². The summed E-state index contributed by atoms with van der Waals surface area (Å²) >= 11 is 0. The van der Waals surface area contributed by atoms with Crippen molar-refractivity contribution in [2.45, 2.75) is 39.2 Å². The number of Topliss-reactive ketones (excluding diaryl/α,β-unsaturated/α-hetero) is 1. The molecular formula is C14H19FO2. The van der Waals surface area contributed by atoms with Crippen LogP contribution in [0, 0.1) is 12.7 Å². The van der Waals surface area contributed by atoms with Gasteiger partial charge < -0.3 is 4.74 Å². The molecule has 0 bridgehead atoms. The lowest BCUT2D eigenvalue weighted by Gasteiger charge is -2.21. The maximum absolute atomic E-state index is 12.9. The Balaban J connectivity index is 2.69. The minimum absolute atomic E-state index is 0.103. The summed E-state index contributed by atoms with van der Waals surface area (Å²) in [6.07, 6.45) is 0.694. The molecule has 0 amide bonds. The van der Waals surface area contributed by atoms with Crippen molar-refractivity contribution in [2.24, 2.45) is 0 Å². The number of hydrogen-bond donors (Lipinski definition) is 0. The summed E-state index contributed by atoms with van der Waals surface area (Å²) in [5.74, 6) is -0.164. The number of benzene rings is 1. The van der Waals surface area contributed by atoms with E-state index in [1.54, 1.807) is 13.2 Å². The predicted molar refractivity (Wildman–Crippen MR) is 65.6 cm³/mol. The molecule has 0 atom stereocenters. The van der Waals surface area contributed by atoms with Gasteiger partial charge in [-0.05, 0) is 44.0 Å². The molecule has 0 aliphatic rings. The molecular weight excluding hydrogens is 219 g/mol. The molecule has 0 radical (unpaired) electrons. The molecule has 1 rings (SSSR count). The monoisotopic (exact) mass is 238 g/mol. The van der Waals surface area contributed by atoms with Gasteiger partial charge in [0, 0.05) is 20.0 Å². The Bertz CT molecular complexity index is 411. The van der Waals surface area contributed by atoms with Gasteiger partial charge in [0.1, 0.15) is 11.6 Å². The van der Waals surface area contributed by atoms with Crippen molar-refractivity contribution < 1.29 is 13.9 Å². The highest BCUT2D eigenvalue weighted by Crippen LogP contribution is 2.17. The molecule has 0 fully saturated rings. The number of aryl methyl sites for hydroxylation is 1. The Morgan fingerprint density at radius 1 is 1.41 bits per heavy atom. The van der Waals surface area contributed by atoms with E-state index in [0.29, 0.717) is 12.8 Å². The summed E-state index contributed by atoms with van der Waals surface area (Å²) in [5.41, 5.74) is 1.25. The Labute approximate surface area is 102 Å². The Morgan fingerprint density at radius 2 is 2.06 bits per heavy atom. The Kier molecular flexibility index (Phi) is 4.40. The summed E-state index contributed by atoms with van der Waals surface area (Å²) in [6, 6.07) is 4.50. The lowest BCUT2D eigenvalue weighted by Crippen LogP contribution is -2.27. The minimum atomic E-state index is -0.439. The summed E-state index contributed by atoms with van der Waals surface area (Å²) in [5, 5.41) is 0. The van der Waals surface area contributed by atoms with Gasteiger partial charge in [-0.1, -0.05) is 6.07 Å². The molecule has 0 aromatic heterocycles. The lowest BCUT2D eigenvalue weighted by molar-refractivity contribution is -0.123. The third kappa shape index (κ3) is 4.27. The molecule has 17 heavy (non-hydrogen) atoms. The normalized spacial score (nSPS) is 11.6. The van der Waals surface area contributed by atoms with Crippen LogP contribution in [0.3, 0.4) is 0 Å². The molecule has 94 valence electrons. The molecule has 1 aromatic rings. The van der Waals surface area contributed by atoms with E-state index in [1.807, 2.05) is 20.8 Å². The van der Waals surface area contributed by atoms with Crippen LogP contribution < -0.4 is 0 Å². The smallest absolute Gasteiger partial charge is 0.140 e. The van der Waals surface area contributed by atoms with Gasteiger partial charge in [0.15, 0.2) is 0 Å². The molecule has 0 heterocycles. The highest BCUT2D eigenvalue weighted by atomic mass is 19.1. The van der Waals surface area contributed by atoms with Gasteiger partial charge in [0.25, 0.3) is 0 Å². The van der Waals surface area contributed by atoms with Gasteiger partial charge >= 0.3 is 0 Å². The van der Waals surface area contributed by atoms with E-state index >= 15 is 0 Å². The first kappa shape index (κ1) is 13.8. The maximum atomic E-state index is 12.9. The maximum Gasteiger partial charge on any atom is 0.140 e. The first-order chi connectivity index (χ1) is 7.84. The quantitative estimate of drug-likeness (QED) is 0.788. The van der Waals surface area contributed by atoms with Crippen molar-refractivity contribution in [3.8, 4) is 0 Å². The summed E-state index contributed by atoms with van der Waals surface area (Å²) < 4.78 is 18.1. The topological polar surface area (TPSA) is 26.3 Å². The van der Waals surface area contributed by atoms with E-state index in [2.05, 4.69) is 0 Å². The first-order valence-electron chi connectivity index (χ1n) is 5.66. The molecule has 0 saturated carbocycles. The average Bonchev–Trinajstić information content (AvgIpc) is 2.21. The Hall–Kier alpha value is -1.22. The molecule has 1 aromatic carbocycles. The number of ether oxygens (including phenoxy) is 1. The predicted octanol–water partition coefficient (Wildman–Crippen LogP) is 3.06. The fourth-order valence-electron chi connectivity index (χ4n) is 1.68. The van der Waals surface area contributed by atoms with E-state index in [4.69, 9.17) is 4.74 Å². The number of carbonyl (C=O) groups excluding carboxylic acids is 1. The third-order valence-corrected chi connectivity index (χ3v) is 2.87. The van der Waals surface area contributed by atoms with Crippen molar-refractivity contribution in [2.75, 3.05) is 7.11 Å². The van der Waals surface area contributed by atoms with Gasteiger partial charge in [-0.3, -0.25) is 4.79 Å². The molecule has 0 saturated heterocycles. The van der Waals surface area contributed by atoms with Gasteiger partial charge in [0.2, 0.25) is 0 Å². The number of carbonyl (C=O) groups is 1. The summed E-state index contributed by atoms with van der Waals surface area (Å²) in [7, 11) is 1.59. The van der Waals surface area contributed by atoms with Crippen LogP contribution in [0.15, 0.2) is 18.2 Å². The number of halogens is 1. The fraction of sp³-hybridized carbons (Fsp3) is 0.500. The van der Waals surface area contributed by atoms with Crippen LogP contribution in [0.5, 0.6) is 0 Å². The molecule has 0 aliphatic carbocycles. The van der Waals surface area contributed by atoms with Crippen LogP contribution in [0.1, 0.15) is 31.4 Å². The second-order valence-corrected chi connectivity index (χ2v) is 4.93. The van der Waals surface area contributed by atoms with Crippen molar-refractivity contribution in [1.29, 1.82) is 0 Å². The summed E-state index contributed by atoms with van der Waals surface area (Å²) in [4.78, 5) is 11.9. The zero-order chi connectivity index (χ0) is 13.1. The van der Waals surface area contributed by atoms with Gasteiger partial charge in [-0.25, -0.2) is 4.39 Å². The molecule has 0 N–H and O–H groups in total. The van der Waals surface area contributed by atoms with Crippen LogP contribution in [0.25, 0.3) is 0 Å². The first-order valence-corrected chi connectivity index (χ1v) is 5.66.